The maximum Gasteiger partial charge on any atom is 0.321 e. The first kappa shape index (κ1) is 26.1. The van der Waals surface area contributed by atoms with Crippen LogP contribution in [0.2, 0.25) is 0 Å². The van der Waals surface area contributed by atoms with E-state index in [-0.39, 0.29) is 12.3 Å². The number of benzene rings is 4. The van der Waals surface area contributed by atoms with Gasteiger partial charge in [-0.2, -0.15) is 0 Å². The molecule has 1 aliphatic rings. The Morgan fingerprint density at radius 2 is 1.54 bits per heavy atom. The van der Waals surface area contributed by atoms with Gasteiger partial charge < -0.3 is 15.5 Å². The minimum Gasteiger partial charge on any atom is -0.308 e. The molecule has 194 valence electrons. The van der Waals surface area contributed by atoms with Gasteiger partial charge in [0.2, 0.25) is 6.17 Å². The lowest BCUT2D eigenvalue weighted by atomic mass is 9.99. The van der Waals surface area contributed by atoms with Gasteiger partial charge in [-0.15, -0.1) is 0 Å². The van der Waals surface area contributed by atoms with Gasteiger partial charge in [-0.25, -0.2) is 9.79 Å². The minimum atomic E-state index is -1.28. The molecule has 2 N–H and O–H groups in total. The maximum absolute atomic E-state index is 14.0. The highest BCUT2D eigenvalue weighted by Crippen LogP contribution is 2.29. The zero-order valence-corrected chi connectivity index (χ0v) is 22.7. The summed E-state index contributed by atoms with van der Waals surface area (Å²) in [5.74, 6) is -0.728. The van der Waals surface area contributed by atoms with Crippen molar-refractivity contribution in [2.45, 2.75) is 13.1 Å². The number of benzodiazepines with no additional fused rings is 1. The summed E-state index contributed by atoms with van der Waals surface area (Å²) in [7, 11) is 0. The standard InChI is InChI=1S/C31H25BrN4O3/c1-20-11-5-6-14-22(20)27(37)19-36-26-18-10-7-15-23(26)28(21-12-3-2-4-13-21)34-29(30(36)38)35-31(39)33-25-17-9-8-16-24(25)32/h2-18,29H,19H2,1H3,(H2,33,35,39). The number of nitrogens with one attached hydrogen (secondary N) is 2. The number of carbonyl (C=O) groups excluding carboxylic acids is 3. The van der Waals surface area contributed by atoms with Crippen molar-refractivity contribution in [1.82, 2.24) is 5.32 Å². The van der Waals surface area contributed by atoms with Crippen LogP contribution in [0.4, 0.5) is 16.2 Å². The number of Topliss-reactive ketones (excluding diaryl/α,β-unsaturated/α-hetero) is 1. The maximum atomic E-state index is 14.0. The average Bonchev–Trinajstić information content (AvgIpc) is 3.06. The zero-order valence-electron chi connectivity index (χ0n) is 21.1. The molecule has 5 rings (SSSR count). The lowest BCUT2D eigenvalue weighted by Crippen LogP contribution is -2.50. The van der Waals surface area contributed by atoms with Gasteiger partial charge >= 0.3 is 6.03 Å². The number of urea groups is 1. The molecule has 1 aliphatic heterocycles. The Hall–Kier alpha value is -4.56. The second-order valence-corrected chi connectivity index (χ2v) is 9.86. The number of rotatable bonds is 6. The predicted octanol–water partition coefficient (Wildman–Crippen LogP) is 5.97. The summed E-state index contributed by atoms with van der Waals surface area (Å²) in [5.41, 5.74) is 4.44. The topological polar surface area (TPSA) is 90.9 Å². The number of carbonyl (C=O) groups is 3. The van der Waals surface area contributed by atoms with E-state index in [1.165, 1.54) is 4.90 Å². The SMILES string of the molecule is Cc1ccccc1C(=O)CN1C(=O)C(NC(=O)Nc2ccccc2Br)N=C(c2ccccc2)c2ccccc21. The molecule has 1 atom stereocenters. The lowest BCUT2D eigenvalue weighted by molar-refractivity contribution is -0.120. The number of para-hydroxylation sites is 2. The Kier molecular flexibility index (Phi) is 7.65. The third-order valence-electron chi connectivity index (χ3n) is 6.39. The third-order valence-corrected chi connectivity index (χ3v) is 7.08. The summed E-state index contributed by atoms with van der Waals surface area (Å²) in [6, 6.07) is 30.6. The van der Waals surface area contributed by atoms with Crippen LogP contribution in [-0.2, 0) is 4.79 Å². The number of aryl methyl sites for hydroxylation is 1. The molecule has 4 aromatic rings. The number of hydrogen-bond acceptors (Lipinski definition) is 4. The first-order valence-corrected chi connectivity index (χ1v) is 13.2. The molecule has 8 heteroatoms. The highest BCUT2D eigenvalue weighted by molar-refractivity contribution is 9.10. The van der Waals surface area contributed by atoms with Crippen LogP contribution in [0.25, 0.3) is 0 Å². The fraction of sp³-hybridized carbons (Fsp3) is 0.0968. The summed E-state index contributed by atoms with van der Waals surface area (Å²) in [4.78, 5) is 46.6. The van der Waals surface area contributed by atoms with E-state index in [9.17, 15) is 14.4 Å². The largest absolute Gasteiger partial charge is 0.321 e. The van der Waals surface area contributed by atoms with Crippen LogP contribution in [0.3, 0.4) is 0 Å². The van der Waals surface area contributed by atoms with Crippen molar-refractivity contribution >= 4 is 50.7 Å². The monoisotopic (exact) mass is 580 g/mol. The van der Waals surface area contributed by atoms with Crippen LogP contribution >= 0.6 is 15.9 Å². The molecule has 3 amide bonds. The number of nitrogens with zero attached hydrogens (tertiary/aromatic N) is 2. The first-order chi connectivity index (χ1) is 18.9. The van der Waals surface area contributed by atoms with Gasteiger partial charge in [0, 0.05) is 21.2 Å². The van der Waals surface area contributed by atoms with Crippen LogP contribution in [0.5, 0.6) is 0 Å². The summed E-state index contributed by atoms with van der Waals surface area (Å²) in [6.07, 6.45) is -1.28. The summed E-state index contributed by atoms with van der Waals surface area (Å²) in [6.45, 7) is 1.65. The van der Waals surface area contributed by atoms with E-state index in [0.29, 0.717) is 32.7 Å². The Bertz CT molecular complexity index is 1590. The molecule has 7 nitrogen and oxygen atoms in total. The number of halogens is 1. The molecule has 1 unspecified atom stereocenters. The molecule has 0 spiro atoms. The van der Waals surface area contributed by atoms with E-state index in [1.807, 2.05) is 73.7 Å². The molecule has 4 aromatic carbocycles. The van der Waals surface area contributed by atoms with Gasteiger partial charge in [-0.3, -0.25) is 9.59 Å². The van der Waals surface area contributed by atoms with Crippen LogP contribution in [0.1, 0.15) is 27.0 Å². The third kappa shape index (κ3) is 5.66. The smallest absolute Gasteiger partial charge is 0.308 e. The molecule has 0 bridgehead atoms. The second-order valence-electron chi connectivity index (χ2n) is 9.00. The van der Waals surface area contributed by atoms with Crippen molar-refractivity contribution in [2.75, 3.05) is 16.8 Å². The van der Waals surface area contributed by atoms with Crippen molar-refractivity contribution in [3.63, 3.8) is 0 Å². The van der Waals surface area contributed by atoms with Crippen molar-refractivity contribution in [3.05, 3.63) is 130 Å². The number of fused-ring (bicyclic) bond motifs is 1. The molecule has 0 aromatic heterocycles. The predicted molar refractivity (Wildman–Crippen MR) is 156 cm³/mol. The number of hydrogen-bond donors (Lipinski definition) is 2. The molecule has 0 saturated carbocycles. The first-order valence-electron chi connectivity index (χ1n) is 12.4. The summed E-state index contributed by atoms with van der Waals surface area (Å²) in [5, 5.41) is 5.47. The van der Waals surface area contributed by atoms with E-state index in [2.05, 4.69) is 26.6 Å². The number of amides is 3. The van der Waals surface area contributed by atoms with Crippen molar-refractivity contribution < 1.29 is 14.4 Å². The van der Waals surface area contributed by atoms with Crippen molar-refractivity contribution in [1.29, 1.82) is 0 Å². The molecule has 0 saturated heterocycles. The fourth-order valence-corrected chi connectivity index (χ4v) is 4.86. The van der Waals surface area contributed by atoms with Gasteiger partial charge in [0.1, 0.15) is 0 Å². The van der Waals surface area contributed by atoms with E-state index in [4.69, 9.17) is 4.99 Å². The van der Waals surface area contributed by atoms with E-state index >= 15 is 0 Å². The van der Waals surface area contributed by atoms with Crippen LogP contribution < -0.4 is 15.5 Å². The number of anilines is 2. The van der Waals surface area contributed by atoms with Crippen molar-refractivity contribution in [3.8, 4) is 0 Å². The van der Waals surface area contributed by atoms with Gasteiger partial charge in [-0.1, -0.05) is 84.9 Å². The van der Waals surface area contributed by atoms with Crippen molar-refractivity contribution in [2.24, 2.45) is 4.99 Å². The number of aliphatic imine (C=N–C) groups is 1. The Morgan fingerprint density at radius 3 is 2.31 bits per heavy atom. The average molecular weight is 581 g/mol. The second kappa shape index (κ2) is 11.4. The minimum absolute atomic E-state index is 0.206. The van der Waals surface area contributed by atoms with Gasteiger partial charge in [0.25, 0.3) is 5.91 Å². The van der Waals surface area contributed by atoms with Gasteiger partial charge in [0.15, 0.2) is 5.78 Å². The van der Waals surface area contributed by atoms with E-state index in [1.54, 1.807) is 36.4 Å². The fourth-order valence-electron chi connectivity index (χ4n) is 4.47. The molecular weight excluding hydrogens is 556 g/mol. The lowest BCUT2D eigenvalue weighted by Gasteiger charge is -2.25. The number of ketones is 1. The van der Waals surface area contributed by atoms with Crippen LogP contribution in [0, 0.1) is 6.92 Å². The zero-order chi connectivity index (χ0) is 27.4. The quantitative estimate of drug-likeness (QED) is 0.275. The summed E-state index contributed by atoms with van der Waals surface area (Å²) < 4.78 is 0.693. The molecule has 0 fully saturated rings. The molecule has 0 aliphatic carbocycles. The van der Waals surface area contributed by atoms with Crippen LogP contribution in [0.15, 0.2) is 113 Å². The van der Waals surface area contributed by atoms with Gasteiger partial charge in [0.05, 0.1) is 23.6 Å². The van der Waals surface area contributed by atoms with E-state index < -0.39 is 18.1 Å². The Balaban J connectivity index is 1.55. The molecular formula is C31H25BrN4O3. The highest BCUT2D eigenvalue weighted by Gasteiger charge is 2.34. The molecule has 1 heterocycles. The van der Waals surface area contributed by atoms with Crippen LogP contribution in [-0.4, -0.2) is 36.1 Å². The summed E-state index contributed by atoms with van der Waals surface area (Å²) >= 11 is 3.42. The van der Waals surface area contributed by atoms with Gasteiger partial charge in [-0.05, 0) is 46.6 Å². The molecule has 39 heavy (non-hydrogen) atoms. The Labute approximate surface area is 234 Å². The highest BCUT2D eigenvalue weighted by atomic mass is 79.9. The molecule has 0 radical (unpaired) electrons. The van der Waals surface area contributed by atoms with E-state index in [0.717, 1.165) is 11.1 Å². The normalized spacial score (nSPS) is 14.6. The Morgan fingerprint density at radius 1 is 0.872 bits per heavy atom.